The molecule has 0 unspecified atom stereocenters. The largest absolute Gasteiger partial charge is 0.493 e. The molecule has 138 valence electrons. The van der Waals surface area contributed by atoms with Crippen molar-refractivity contribution >= 4 is 17.5 Å². The van der Waals surface area contributed by atoms with E-state index in [0.717, 1.165) is 30.8 Å². The van der Waals surface area contributed by atoms with Crippen LogP contribution in [0.1, 0.15) is 27.9 Å². The zero-order valence-corrected chi connectivity index (χ0v) is 14.5. The monoisotopic (exact) mass is 368 g/mol. The SMILES string of the molecule is O=C(c1cnc(NCc2c(F)ccc3c2CCO3)n2cnnc12)N1CCC1. The van der Waals surface area contributed by atoms with Gasteiger partial charge in [0.25, 0.3) is 5.91 Å². The number of aromatic nitrogens is 4. The summed E-state index contributed by atoms with van der Waals surface area (Å²) < 4.78 is 21.4. The zero-order chi connectivity index (χ0) is 18.4. The molecule has 2 aliphatic heterocycles. The molecule has 0 aliphatic carbocycles. The summed E-state index contributed by atoms with van der Waals surface area (Å²) in [5, 5.41) is 11.1. The molecule has 9 heteroatoms. The molecule has 27 heavy (non-hydrogen) atoms. The predicted octanol–water partition coefficient (Wildman–Crippen LogP) is 1.66. The highest BCUT2D eigenvalue weighted by molar-refractivity contribution is 6.00. The molecule has 0 atom stereocenters. The maximum Gasteiger partial charge on any atom is 0.259 e. The van der Waals surface area contributed by atoms with Gasteiger partial charge in [0.15, 0.2) is 5.65 Å². The van der Waals surface area contributed by atoms with E-state index >= 15 is 0 Å². The number of nitrogens with one attached hydrogen (secondary N) is 1. The predicted molar refractivity (Wildman–Crippen MR) is 94.2 cm³/mol. The summed E-state index contributed by atoms with van der Waals surface area (Å²) in [5.41, 5.74) is 2.30. The lowest BCUT2D eigenvalue weighted by Crippen LogP contribution is -2.42. The molecule has 0 spiro atoms. The summed E-state index contributed by atoms with van der Waals surface area (Å²) in [6.07, 6.45) is 4.69. The highest BCUT2D eigenvalue weighted by atomic mass is 19.1. The molecule has 2 aliphatic rings. The Balaban J connectivity index is 1.45. The lowest BCUT2D eigenvalue weighted by Gasteiger charge is -2.30. The van der Waals surface area contributed by atoms with Crippen LogP contribution in [0, 0.1) is 5.82 Å². The van der Waals surface area contributed by atoms with Gasteiger partial charge in [-0.05, 0) is 18.6 Å². The average molecular weight is 368 g/mol. The fourth-order valence-electron chi connectivity index (χ4n) is 3.46. The molecule has 1 aromatic carbocycles. The van der Waals surface area contributed by atoms with Crippen LogP contribution in [0.5, 0.6) is 5.75 Å². The third-order valence-corrected chi connectivity index (χ3v) is 5.07. The van der Waals surface area contributed by atoms with E-state index < -0.39 is 0 Å². The number of benzene rings is 1. The number of carbonyl (C=O) groups excluding carboxylic acids is 1. The van der Waals surface area contributed by atoms with E-state index in [1.807, 2.05) is 0 Å². The molecule has 3 aromatic rings. The minimum atomic E-state index is -0.281. The number of ether oxygens (including phenoxy) is 1. The molecule has 1 fully saturated rings. The summed E-state index contributed by atoms with van der Waals surface area (Å²) in [6, 6.07) is 3.07. The number of nitrogens with zero attached hydrogens (tertiary/aromatic N) is 5. The van der Waals surface area contributed by atoms with Crippen LogP contribution >= 0.6 is 0 Å². The maximum absolute atomic E-state index is 14.3. The Kier molecular flexibility index (Phi) is 3.66. The number of fused-ring (bicyclic) bond motifs is 2. The van der Waals surface area contributed by atoms with Crippen molar-refractivity contribution < 1.29 is 13.9 Å². The molecule has 5 rings (SSSR count). The van der Waals surface area contributed by atoms with Gasteiger partial charge in [0, 0.05) is 43.4 Å². The minimum Gasteiger partial charge on any atom is -0.493 e. The quantitative estimate of drug-likeness (QED) is 0.754. The van der Waals surface area contributed by atoms with Crippen LogP contribution in [-0.4, -0.2) is 50.1 Å². The topological polar surface area (TPSA) is 84.6 Å². The van der Waals surface area contributed by atoms with Gasteiger partial charge in [0.1, 0.15) is 23.5 Å². The van der Waals surface area contributed by atoms with Gasteiger partial charge in [-0.2, -0.15) is 0 Å². The Morgan fingerprint density at radius 1 is 1.33 bits per heavy atom. The first-order valence-electron chi connectivity index (χ1n) is 8.87. The van der Waals surface area contributed by atoms with E-state index in [1.165, 1.54) is 18.6 Å². The van der Waals surface area contributed by atoms with Crippen molar-refractivity contribution in [2.75, 3.05) is 25.0 Å². The number of amides is 1. The summed E-state index contributed by atoms with van der Waals surface area (Å²) in [7, 11) is 0. The van der Waals surface area contributed by atoms with Gasteiger partial charge in [-0.15, -0.1) is 10.2 Å². The van der Waals surface area contributed by atoms with E-state index in [2.05, 4.69) is 20.5 Å². The Morgan fingerprint density at radius 2 is 2.22 bits per heavy atom. The second-order valence-corrected chi connectivity index (χ2v) is 6.62. The molecule has 1 N–H and O–H groups in total. The number of halogens is 1. The highest BCUT2D eigenvalue weighted by Gasteiger charge is 2.25. The van der Waals surface area contributed by atoms with Crippen LogP contribution < -0.4 is 10.1 Å². The Hall–Kier alpha value is -3.23. The smallest absolute Gasteiger partial charge is 0.259 e. The van der Waals surface area contributed by atoms with Crippen LogP contribution in [0.3, 0.4) is 0 Å². The number of rotatable bonds is 4. The fourth-order valence-corrected chi connectivity index (χ4v) is 3.46. The molecule has 8 nitrogen and oxygen atoms in total. The van der Waals surface area contributed by atoms with Gasteiger partial charge in [0.2, 0.25) is 5.95 Å². The highest BCUT2D eigenvalue weighted by Crippen LogP contribution is 2.30. The second kappa shape index (κ2) is 6.19. The Bertz CT molecular complexity index is 1050. The Morgan fingerprint density at radius 3 is 3.04 bits per heavy atom. The van der Waals surface area contributed by atoms with Crippen molar-refractivity contribution in [1.82, 2.24) is 24.5 Å². The van der Waals surface area contributed by atoms with Crippen LogP contribution in [0.4, 0.5) is 10.3 Å². The van der Waals surface area contributed by atoms with Crippen molar-refractivity contribution in [2.24, 2.45) is 0 Å². The number of hydrogen-bond donors (Lipinski definition) is 1. The first-order valence-corrected chi connectivity index (χ1v) is 8.87. The fraction of sp³-hybridized carbons (Fsp3) is 0.333. The maximum atomic E-state index is 14.3. The second-order valence-electron chi connectivity index (χ2n) is 6.62. The van der Waals surface area contributed by atoms with Gasteiger partial charge in [-0.25, -0.2) is 9.37 Å². The number of carbonyl (C=O) groups is 1. The first kappa shape index (κ1) is 16.0. The molecule has 0 radical (unpaired) electrons. The van der Waals surface area contributed by atoms with Gasteiger partial charge in [-0.3, -0.25) is 9.20 Å². The molecule has 0 saturated carbocycles. The van der Waals surface area contributed by atoms with Crippen molar-refractivity contribution in [3.63, 3.8) is 0 Å². The molecular weight excluding hydrogens is 351 g/mol. The molecule has 0 bridgehead atoms. The van der Waals surface area contributed by atoms with Crippen molar-refractivity contribution in [3.8, 4) is 5.75 Å². The van der Waals surface area contributed by atoms with E-state index in [1.54, 1.807) is 15.4 Å². The summed E-state index contributed by atoms with van der Waals surface area (Å²) in [6.45, 7) is 2.31. The van der Waals surface area contributed by atoms with Crippen LogP contribution in [0.15, 0.2) is 24.7 Å². The summed E-state index contributed by atoms with van der Waals surface area (Å²) in [5.74, 6) is 0.802. The summed E-state index contributed by atoms with van der Waals surface area (Å²) >= 11 is 0. The Labute approximate surface area is 154 Å². The number of hydrogen-bond acceptors (Lipinski definition) is 6. The van der Waals surface area contributed by atoms with Gasteiger partial charge >= 0.3 is 0 Å². The molecular formula is C18H17FN6O2. The van der Waals surface area contributed by atoms with Crippen LogP contribution in [-0.2, 0) is 13.0 Å². The van der Waals surface area contributed by atoms with E-state index in [0.29, 0.717) is 35.8 Å². The first-order chi connectivity index (χ1) is 13.2. The number of likely N-dealkylation sites (tertiary alicyclic amines) is 1. The normalized spacial score (nSPS) is 15.4. The lowest BCUT2D eigenvalue weighted by atomic mass is 10.0. The molecule has 2 aromatic heterocycles. The number of anilines is 1. The van der Waals surface area contributed by atoms with E-state index in [9.17, 15) is 9.18 Å². The van der Waals surface area contributed by atoms with Crippen molar-refractivity contribution in [1.29, 1.82) is 0 Å². The standard InChI is InChI=1S/C18H17FN6O2/c19-14-2-3-15-11(4-7-27-15)12(14)8-20-18-21-9-13(16-23-22-10-25(16)18)17(26)24-5-1-6-24/h2-3,9-10H,1,4-8H2,(H,20,21). The van der Waals surface area contributed by atoms with Gasteiger partial charge in [-0.1, -0.05) is 0 Å². The molecule has 1 amide bonds. The molecule has 1 saturated heterocycles. The van der Waals surface area contributed by atoms with Crippen LogP contribution in [0.25, 0.3) is 5.65 Å². The van der Waals surface area contributed by atoms with Crippen LogP contribution in [0.2, 0.25) is 0 Å². The zero-order valence-electron chi connectivity index (χ0n) is 14.5. The van der Waals surface area contributed by atoms with Crippen molar-refractivity contribution in [2.45, 2.75) is 19.4 Å². The van der Waals surface area contributed by atoms with E-state index in [-0.39, 0.29) is 18.3 Å². The average Bonchev–Trinajstić information content (AvgIpc) is 3.28. The van der Waals surface area contributed by atoms with Gasteiger partial charge in [0.05, 0.1) is 6.61 Å². The lowest BCUT2D eigenvalue weighted by molar-refractivity contribution is 0.0653. The van der Waals surface area contributed by atoms with E-state index in [4.69, 9.17) is 4.74 Å². The third kappa shape index (κ3) is 2.57. The molecule has 4 heterocycles. The van der Waals surface area contributed by atoms with Crippen molar-refractivity contribution in [3.05, 3.63) is 47.2 Å². The minimum absolute atomic E-state index is 0.0950. The summed E-state index contributed by atoms with van der Waals surface area (Å²) in [4.78, 5) is 18.6. The third-order valence-electron chi connectivity index (χ3n) is 5.07. The van der Waals surface area contributed by atoms with Gasteiger partial charge < -0.3 is 15.0 Å².